The Balaban J connectivity index is 2.49. The lowest BCUT2D eigenvalue weighted by Gasteiger charge is -1.94. The summed E-state index contributed by atoms with van der Waals surface area (Å²) in [5.74, 6) is -0.578. The molecule has 0 saturated heterocycles. The lowest BCUT2D eigenvalue weighted by atomic mass is 10.2. The van der Waals surface area contributed by atoms with Gasteiger partial charge in [-0.05, 0) is 12.1 Å². The number of aromatic nitrogens is 1. The van der Waals surface area contributed by atoms with E-state index in [9.17, 15) is 9.59 Å². The van der Waals surface area contributed by atoms with E-state index < -0.39 is 12.1 Å². The Morgan fingerprint density at radius 2 is 1.93 bits per heavy atom. The summed E-state index contributed by atoms with van der Waals surface area (Å²) in [5.41, 5.74) is 1.01. The molecule has 14 heavy (non-hydrogen) atoms. The number of para-hydroxylation sites is 1. The molecule has 0 aliphatic carbocycles. The Morgan fingerprint density at radius 1 is 1.14 bits per heavy atom. The van der Waals surface area contributed by atoms with Crippen LogP contribution in [0.5, 0.6) is 0 Å². The highest BCUT2D eigenvalue weighted by Gasteiger charge is 2.30. The van der Waals surface area contributed by atoms with E-state index in [1.54, 1.807) is 12.1 Å². The molecule has 3 rings (SSSR count). The van der Waals surface area contributed by atoms with Crippen LogP contribution in [0.2, 0.25) is 0 Å². The van der Waals surface area contributed by atoms with Crippen LogP contribution in [0, 0.1) is 0 Å². The second-order valence-corrected chi connectivity index (χ2v) is 3.08. The number of hydrogen-bond donors (Lipinski definition) is 0. The van der Waals surface area contributed by atoms with Crippen LogP contribution in [-0.2, 0) is 4.74 Å². The average Bonchev–Trinajstić information content (AvgIpc) is 2.66. The van der Waals surface area contributed by atoms with E-state index >= 15 is 0 Å². The van der Waals surface area contributed by atoms with Crippen molar-refractivity contribution in [3.63, 3.8) is 0 Å². The highest BCUT2D eigenvalue weighted by atomic mass is 16.6. The van der Waals surface area contributed by atoms with Gasteiger partial charge in [-0.25, -0.2) is 14.2 Å². The van der Waals surface area contributed by atoms with Gasteiger partial charge in [-0.1, -0.05) is 18.2 Å². The van der Waals surface area contributed by atoms with Gasteiger partial charge in [-0.15, -0.1) is 0 Å². The molecule has 0 saturated carbocycles. The molecule has 0 bridgehead atoms. The average molecular weight is 187 g/mol. The lowest BCUT2D eigenvalue weighted by Crippen LogP contribution is -2.03. The second-order valence-electron chi connectivity index (χ2n) is 3.08. The van der Waals surface area contributed by atoms with E-state index in [-0.39, 0.29) is 0 Å². The van der Waals surface area contributed by atoms with Gasteiger partial charge >= 0.3 is 12.1 Å². The maximum atomic E-state index is 11.3. The van der Waals surface area contributed by atoms with Gasteiger partial charge in [-0.2, -0.15) is 0 Å². The largest absolute Gasteiger partial charge is 0.427 e. The standard InChI is InChI=1S/C10H5NO3/c12-9-8-5-6-3-1-2-4-7(6)11(8)10(13)14-9/h1-5H. The summed E-state index contributed by atoms with van der Waals surface area (Å²) in [6.45, 7) is 0. The highest BCUT2D eigenvalue weighted by molar-refractivity contribution is 6.10. The van der Waals surface area contributed by atoms with Crippen molar-refractivity contribution in [3.8, 4) is 0 Å². The molecule has 68 valence electrons. The SMILES string of the molecule is O=C1OC(=O)n2c1cc1ccccc12. The summed E-state index contributed by atoms with van der Waals surface area (Å²) in [5, 5.41) is 0.868. The van der Waals surface area contributed by atoms with Gasteiger partial charge in [0.15, 0.2) is 0 Å². The molecule has 0 unspecified atom stereocenters. The number of carbonyl (C=O) groups excluding carboxylic acids is 2. The number of hydrogen-bond acceptors (Lipinski definition) is 3. The topological polar surface area (TPSA) is 48.3 Å². The third kappa shape index (κ3) is 0.724. The number of fused-ring (bicyclic) bond motifs is 3. The Labute approximate surface area is 78.7 Å². The molecule has 1 aromatic carbocycles. The van der Waals surface area contributed by atoms with Gasteiger partial charge in [0, 0.05) is 5.39 Å². The van der Waals surface area contributed by atoms with Gasteiger partial charge in [0.25, 0.3) is 0 Å². The summed E-state index contributed by atoms with van der Waals surface area (Å²) in [4.78, 5) is 22.5. The lowest BCUT2D eigenvalue weighted by molar-refractivity contribution is 0.0676. The van der Waals surface area contributed by atoms with Crippen molar-refractivity contribution in [2.24, 2.45) is 0 Å². The van der Waals surface area contributed by atoms with Gasteiger partial charge in [-0.3, -0.25) is 0 Å². The molecule has 2 heterocycles. The van der Waals surface area contributed by atoms with E-state index in [0.29, 0.717) is 11.2 Å². The normalized spacial score (nSPS) is 14.6. The third-order valence-corrected chi connectivity index (χ3v) is 2.28. The van der Waals surface area contributed by atoms with Crippen LogP contribution in [0.1, 0.15) is 10.5 Å². The quantitative estimate of drug-likeness (QED) is 0.466. The van der Waals surface area contributed by atoms with E-state index in [0.717, 1.165) is 5.39 Å². The number of ether oxygens (including phenoxy) is 1. The van der Waals surface area contributed by atoms with Crippen LogP contribution in [0.15, 0.2) is 30.3 Å². The van der Waals surface area contributed by atoms with Crippen LogP contribution >= 0.6 is 0 Å². The van der Waals surface area contributed by atoms with E-state index in [1.807, 2.05) is 18.2 Å². The zero-order valence-corrected chi connectivity index (χ0v) is 7.06. The Bertz CT molecular complexity index is 568. The molecular weight excluding hydrogens is 182 g/mol. The minimum absolute atomic E-state index is 0.302. The number of esters is 1. The fourth-order valence-electron chi connectivity index (χ4n) is 1.68. The first-order valence-electron chi connectivity index (χ1n) is 4.14. The summed E-state index contributed by atoms with van der Waals surface area (Å²) < 4.78 is 5.75. The number of rotatable bonds is 0. The molecule has 0 amide bonds. The van der Waals surface area contributed by atoms with Crippen molar-refractivity contribution < 1.29 is 14.3 Å². The minimum atomic E-state index is -0.619. The second kappa shape index (κ2) is 2.23. The molecule has 1 aliphatic rings. The smallest absolute Gasteiger partial charge is 0.371 e. The number of cyclic esters (lactones) is 2. The molecule has 4 nitrogen and oxygen atoms in total. The molecule has 1 aromatic heterocycles. The fraction of sp³-hybridized carbons (Fsp3) is 0. The van der Waals surface area contributed by atoms with Crippen molar-refractivity contribution in [2.45, 2.75) is 0 Å². The van der Waals surface area contributed by atoms with Gasteiger partial charge in [0.2, 0.25) is 0 Å². The summed E-state index contributed by atoms with van der Waals surface area (Å²) in [6, 6.07) is 8.95. The first-order chi connectivity index (χ1) is 6.77. The highest BCUT2D eigenvalue weighted by Crippen LogP contribution is 2.24. The Morgan fingerprint density at radius 3 is 2.79 bits per heavy atom. The first kappa shape index (κ1) is 7.32. The predicted molar refractivity (Wildman–Crippen MR) is 48.1 cm³/mol. The Kier molecular flexibility index (Phi) is 1.16. The molecule has 0 radical (unpaired) electrons. The zero-order valence-electron chi connectivity index (χ0n) is 7.06. The number of nitrogens with zero attached hydrogens (tertiary/aromatic N) is 1. The van der Waals surface area contributed by atoms with Gasteiger partial charge < -0.3 is 4.74 Å². The third-order valence-electron chi connectivity index (χ3n) is 2.28. The summed E-state index contributed by atoms with van der Waals surface area (Å²) in [6.07, 6.45) is -0.619. The van der Waals surface area contributed by atoms with Crippen LogP contribution in [0.25, 0.3) is 10.9 Å². The van der Waals surface area contributed by atoms with Crippen molar-refractivity contribution in [1.82, 2.24) is 4.57 Å². The number of benzene rings is 1. The van der Waals surface area contributed by atoms with Crippen LogP contribution in [-0.4, -0.2) is 16.6 Å². The molecule has 0 fully saturated rings. The van der Waals surface area contributed by atoms with E-state index in [4.69, 9.17) is 0 Å². The molecule has 2 aromatic rings. The monoisotopic (exact) mass is 187 g/mol. The molecule has 0 spiro atoms. The molecular formula is C10H5NO3. The predicted octanol–water partition coefficient (Wildman–Crippen LogP) is 1.78. The first-order valence-corrected chi connectivity index (χ1v) is 4.14. The van der Waals surface area contributed by atoms with Crippen LogP contribution in [0.4, 0.5) is 4.79 Å². The van der Waals surface area contributed by atoms with Crippen molar-refractivity contribution >= 4 is 23.0 Å². The number of carbonyl (C=O) groups is 2. The molecule has 0 atom stereocenters. The maximum absolute atomic E-state index is 11.3. The van der Waals surface area contributed by atoms with E-state index in [1.165, 1.54) is 4.57 Å². The Hall–Kier alpha value is -2.10. The summed E-state index contributed by atoms with van der Waals surface area (Å²) in [7, 11) is 0. The summed E-state index contributed by atoms with van der Waals surface area (Å²) >= 11 is 0. The molecule has 4 heteroatoms. The van der Waals surface area contributed by atoms with Crippen molar-refractivity contribution in [3.05, 3.63) is 36.0 Å². The maximum Gasteiger partial charge on any atom is 0.427 e. The van der Waals surface area contributed by atoms with Crippen molar-refractivity contribution in [2.75, 3.05) is 0 Å². The molecule has 1 aliphatic heterocycles. The van der Waals surface area contributed by atoms with Crippen LogP contribution in [0.3, 0.4) is 0 Å². The zero-order chi connectivity index (χ0) is 9.71. The minimum Gasteiger partial charge on any atom is -0.371 e. The van der Waals surface area contributed by atoms with Crippen LogP contribution < -0.4 is 0 Å². The fourth-order valence-corrected chi connectivity index (χ4v) is 1.68. The molecule has 0 N–H and O–H groups in total. The van der Waals surface area contributed by atoms with E-state index in [2.05, 4.69) is 4.74 Å². The van der Waals surface area contributed by atoms with Gasteiger partial charge in [0.05, 0.1) is 5.52 Å². The van der Waals surface area contributed by atoms with Gasteiger partial charge in [0.1, 0.15) is 5.69 Å². The van der Waals surface area contributed by atoms with Crippen molar-refractivity contribution in [1.29, 1.82) is 0 Å².